The van der Waals surface area contributed by atoms with Gasteiger partial charge in [0.1, 0.15) is 0 Å². The molecular weight excluding hydrogens is 250 g/mol. The Balaban J connectivity index is 2.18. The van der Waals surface area contributed by atoms with Crippen molar-refractivity contribution in [2.45, 2.75) is 13.0 Å². The van der Waals surface area contributed by atoms with Crippen LogP contribution < -0.4 is 5.32 Å². The fourth-order valence-electron chi connectivity index (χ4n) is 2.04. The molecule has 0 spiro atoms. The summed E-state index contributed by atoms with van der Waals surface area (Å²) < 4.78 is 0. The van der Waals surface area contributed by atoms with Crippen LogP contribution in [-0.4, -0.2) is 27.6 Å². The number of hydrogen-bond donors (Lipinski definition) is 2. The first kappa shape index (κ1) is 11.3. The number of nitrogens with zero attached hydrogens (tertiary/aromatic N) is 2. The van der Waals surface area contributed by atoms with Crippen LogP contribution in [0.15, 0.2) is 17.5 Å². The second-order valence-corrected chi connectivity index (χ2v) is 4.98. The molecule has 3 rings (SSSR count). The minimum absolute atomic E-state index is 0.121. The third-order valence-electron chi connectivity index (χ3n) is 2.88. The van der Waals surface area contributed by atoms with Crippen LogP contribution in [-0.2, 0) is 13.0 Å². The van der Waals surface area contributed by atoms with Gasteiger partial charge in [-0.1, -0.05) is 6.07 Å². The molecule has 18 heavy (non-hydrogen) atoms. The van der Waals surface area contributed by atoms with Gasteiger partial charge in [-0.2, -0.15) is 0 Å². The number of carboxylic acid groups (broad SMARTS) is 1. The van der Waals surface area contributed by atoms with Crippen molar-refractivity contribution in [3.8, 4) is 10.7 Å². The lowest BCUT2D eigenvalue weighted by atomic mass is 10.1. The summed E-state index contributed by atoms with van der Waals surface area (Å²) in [6.45, 7) is 1.36. The Morgan fingerprint density at radius 2 is 2.33 bits per heavy atom. The van der Waals surface area contributed by atoms with Gasteiger partial charge in [0.15, 0.2) is 11.5 Å². The summed E-state index contributed by atoms with van der Waals surface area (Å²) in [7, 11) is 0. The van der Waals surface area contributed by atoms with Crippen molar-refractivity contribution in [2.75, 3.05) is 6.54 Å². The van der Waals surface area contributed by atoms with Crippen molar-refractivity contribution in [3.63, 3.8) is 0 Å². The Bertz CT molecular complexity index is 596. The van der Waals surface area contributed by atoms with Gasteiger partial charge in [-0.05, 0) is 11.4 Å². The largest absolute Gasteiger partial charge is 0.476 e. The zero-order valence-electron chi connectivity index (χ0n) is 9.51. The fourth-order valence-corrected chi connectivity index (χ4v) is 2.69. The molecule has 0 fully saturated rings. The second-order valence-electron chi connectivity index (χ2n) is 4.03. The predicted molar refractivity (Wildman–Crippen MR) is 67.7 cm³/mol. The van der Waals surface area contributed by atoms with E-state index in [1.54, 1.807) is 0 Å². The molecule has 3 heterocycles. The first-order valence-electron chi connectivity index (χ1n) is 5.63. The first-order valence-corrected chi connectivity index (χ1v) is 6.51. The quantitative estimate of drug-likeness (QED) is 0.858. The van der Waals surface area contributed by atoms with Crippen LogP contribution >= 0.6 is 11.3 Å². The molecular formula is C12H11N3O2S. The maximum absolute atomic E-state index is 11.3. The molecule has 2 N–H and O–H groups in total. The van der Waals surface area contributed by atoms with Crippen LogP contribution in [0.1, 0.15) is 21.7 Å². The number of aromatic carboxylic acids is 1. The van der Waals surface area contributed by atoms with Gasteiger partial charge < -0.3 is 10.4 Å². The normalized spacial score (nSPS) is 14.2. The van der Waals surface area contributed by atoms with E-state index in [4.69, 9.17) is 0 Å². The van der Waals surface area contributed by atoms with E-state index in [-0.39, 0.29) is 5.69 Å². The Morgan fingerprint density at radius 3 is 3.06 bits per heavy atom. The average Bonchev–Trinajstić information content (AvgIpc) is 2.91. The van der Waals surface area contributed by atoms with Crippen LogP contribution in [0.25, 0.3) is 10.7 Å². The van der Waals surface area contributed by atoms with Crippen LogP contribution in [0, 0.1) is 0 Å². The van der Waals surface area contributed by atoms with Crippen molar-refractivity contribution in [3.05, 3.63) is 34.5 Å². The van der Waals surface area contributed by atoms with E-state index >= 15 is 0 Å². The molecule has 5 nitrogen and oxygen atoms in total. The lowest BCUT2D eigenvalue weighted by Crippen LogP contribution is -2.27. The first-order chi connectivity index (χ1) is 8.75. The SMILES string of the molecule is O=C(O)c1nc(-c2cccs2)nc2c1CNCC2. The molecule has 0 aromatic carbocycles. The molecule has 0 bridgehead atoms. The molecule has 0 unspecified atom stereocenters. The van der Waals surface area contributed by atoms with Gasteiger partial charge >= 0.3 is 5.97 Å². The summed E-state index contributed by atoms with van der Waals surface area (Å²) >= 11 is 1.51. The third kappa shape index (κ3) is 1.89. The molecule has 1 aliphatic rings. The zero-order valence-corrected chi connectivity index (χ0v) is 10.3. The summed E-state index contributed by atoms with van der Waals surface area (Å²) in [6, 6.07) is 3.81. The molecule has 6 heteroatoms. The Labute approximate surface area is 108 Å². The van der Waals surface area contributed by atoms with Crippen LogP contribution in [0.5, 0.6) is 0 Å². The molecule has 0 saturated carbocycles. The monoisotopic (exact) mass is 261 g/mol. The molecule has 0 radical (unpaired) electrons. The number of fused-ring (bicyclic) bond motifs is 1. The predicted octanol–water partition coefficient (Wildman–Crippen LogP) is 1.55. The highest BCUT2D eigenvalue weighted by molar-refractivity contribution is 7.13. The van der Waals surface area contributed by atoms with Gasteiger partial charge in [-0.25, -0.2) is 14.8 Å². The van der Waals surface area contributed by atoms with Crippen LogP contribution in [0.4, 0.5) is 0 Å². The minimum Gasteiger partial charge on any atom is -0.476 e. The highest BCUT2D eigenvalue weighted by Crippen LogP contribution is 2.24. The highest BCUT2D eigenvalue weighted by Gasteiger charge is 2.22. The Morgan fingerprint density at radius 1 is 1.44 bits per heavy atom. The average molecular weight is 261 g/mol. The topological polar surface area (TPSA) is 75.1 Å². The van der Waals surface area contributed by atoms with E-state index in [1.807, 2.05) is 17.5 Å². The number of carbonyl (C=O) groups is 1. The van der Waals surface area contributed by atoms with Crippen molar-refractivity contribution in [2.24, 2.45) is 0 Å². The van der Waals surface area contributed by atoms with E-state index in [0.29, 0.717) is 17.9 Å². The summed E-state index contributed by atoms with van der Waals surface area (Å²) in [4.78, 5) is 20.9. The molecule has 2 aromatic rings. The molecule has 92 valence electrons. The zero-order chi connectivity index (χ0) is 12.5. The summed E-state index contributed by atoms with van der Waals surface area (Å²) in [6.07, 6.45) is 0.747. The van der Waals surface area contributed by atoms with Gasteiger partial charge in [-0.15, -0.1) is 11.3 Å². The summed E-state index contributed by atoms with van der Waals surface area (Å²) in [5.41, 5.74) is 1.69. The van der Waals surface area contributed by atoms with Crippen LogP contribution in [0.2, 0.25) is 0 Å². The van der Waals surface area contributed by atoms with E-state index in [9.17, 15) is 9.90 Å². The fraction of sp³-hybridized carbons (Fsp3) is 0.250. The van der Waals surface area contributed by atoms with Gasteiger partial charge in [0.25, 0.3) is 0 Å². The highest BCUT2D eigenvalue weighted by atomic mass is 32.1. The van der Waals surface area contributed by atoms with Crippen LogP contribution in [0.3, 0.4) is 0 Å². The maximum Gasteiger partial charge on any atom is 0.354 e. The number of carboxylic acids is 1. The minimum atomic E-state index is -0.991. The number of hydrogen-bond acceptors (Lipinski definition) is 5. The number of aromatic nitrogens is 2. The third-order valence-corrected chi connectivity index (χ3v) is 3.74. The van der Waals surface area contributed by atoms with E-state index in [1.165, 1.54) is 11.3 Å². The smallest absolute Gasteiger partial charge is 0.354 e. The van der Waals surface area contributed by atoms with Crippen molar-refractivity contribution in [1.29, 1.82) is 0 Å². The van der Waals surface area contributed by atoms with Crippen molar-refractivity contribution >= 4 is 17.3 Å². The molecule has 0 amide bonds. The Kier molecular flexibility index (Phi) is 2.81. The van der Waals surface area contributed by atoms with E-state index in [2.05, 4.69) is 15.3 Å². The number of thiophene rings is 1. The van der Waals surface area contributed by atoms with Gasteiger partial charge in [0, 0.05) is 25.1 Å². The number of nitrogens with one attached hydrogen (secondary N) is 1. The standard InChI is InChI=1S/C12H11N3O2S/c16-12(17)10-7-6-13-4-3-8(7)14-11(15-10)9-2-1-5-18-9/h1-2,5,13H,3-4,6H2,(H,16,17). The summed E-state index contributed by atoms with van der Waals surface area (Å²) in [5, 5.41) is 14.3. The van der Waals surface area contributed by atoms with E-state index in [0.717, 1.165) is 23.5 Å². The van der Waals surface area contributed by atoms with Gasteiger partial charge in [0.05, 0.1) is 10.6 Å². The number of rotatable bonds is 2. The van der Waals surface area contributed by atoms with Crippen molar-refractivity contribution < 1.29 is 9.90 Å². The molecule has 2 aromatic heterocycles. The second kappa shape index (κ2) is 4.47. The van der Waals surface area contributed by atoms with Gasteiger partial charge in [0.2, 0.25) is 0 Å². The summed E-state index contributed by atoms with van der Waals surface area (Å²) in [5.74, 6) is -0.474. The molecule has 0 aliphatic carbocycles. The molecule has 1 aliphatic heterocycles. The van der Waals surface area contributed by atoms with E-state index < -0.39 is 5.97 Å². The molecule has 0 saturated heterocycles. The van der Waals surface area contributed by atoms with Crippen molar-refractivity contribution in [1.82, 2.24) is 15.3 Å². The lowest BCUT2D eigenvalue weighted by Gasteiger charge is -2.18. The van der Waals surface area contributed by atoms with Gasteiger partial charge in [-0.3, -0.25) is 0 Å². The Hall–Kier alpha value is -1.79. The lowest BCUT2D eigenvalue weighted by molar-refractivity contribution is 0.0688. The molecule has 0 atom stereocenters. The maximum atomic E-state index is 11.3.